The molecule has 0 aliphatic rings. The molecule has 0 heterocycles. The van der Waals surface area contributed by atoms with Crippen LogP contribution in [0.4, 0.5) is 45.2 Å². The number of nitrogens with one attached hydrogen (secondary N) is 1. The average molecular weight is 417 g/mol. The summed E-state index contributed by atoms with van der Waals surface area (Å²) >= 11 is 0. The molecule has 1 rings (SSSR count). The second-order valence-corrected chi connectivity index (χ2v) is 6.63. The SMILES string of the molecule is CC(=O)c1cccc(NS(=O)(=O)C(F)(F)C(F)(F)C(F)(F)C(F)(F)F)c1. The summed E-state index contributed by atoms with van der Waals surface area (Å²) in [7, 11) is -6.78. The van der Waals surface area contributed by atoms with Crippen LogP contribution in [-0.4, -0.2) is 37.5 Å². The second kappa shape index (κ2) is 6.32. The third kappa shape index (κ3) is 3.46. The normalized spacial score (nSPS) is 14.2. The van der Waals surface area contributed by atoms with Crippen molar-refractivity contribution in [3.05, 3.63) is 29.8 Å². The summed E-state index contributed by atoms with van der Waals surface area (Å²) in [4.78, 5) is 11.1. The number of ketones is 1. The van der Waals surface area contributed by atoms with Gasteiger partial charge in [0.2, 0.25) is 0 Å². The van der Waals surface area contributed by atoms with Crippen molar-refractivity contribution in [1.29, 1.82) is 0 Å². The van der Waals surface area contributed by atoms with Gasteiger partial charge in [-0.05, 0) is 19.1 Å². The zero-order chi connectivity index (χ0) is 20.8. The standard InChI is InChI=1S/C12H8F9NO3S/c1-6(23)7-3-2-4-8(5-7)22-26(24,25)12(20,21)10(15,16)9(13,14)11(17,18)19/h2-5,22H,1H3. The molecular formula is C12H8F9NO3S. The molecule has 0 unspecified atom stereocenters. The Morgan fingerprint density at radius 2 is 1.42 bits per heavy atom. The first-order chi connectivity index (χ1) is 11.4. The smallest absolute Gasteiger partial charge is 0.295 e. The lowest BCUT2D eigenvalue weighted by Gasteiger charge is -2.33. The van der Waals surface area contributed by atoms with E-state index in [4.69, 9.17) is 0 Å². The minimum atomic E-state index is -7.35. The maximum absolute atomic E-state index is 13.5. The van der Waals surface area contributed by atoms with E-state index in [9.17, 15) is 52.7 Å². The van der Waals surface area contributed by atoms with E-state index in [1.807, 2.05) is 0 Å². The van der Waals surface area contributed by atoms with Gasteiger partial charge in [-0.1, -0.05) is 12.1 Å². The van der Waals surface area contributed by atoms with Crippen molar-refractivity contribution in [1.82, 2.24) is 0 Å². The van der Waals surface area contributed by atoms with Crippen LogP contribution in [0.2, 0.25) is 0 Å². The lowest BCUT2D eigenvalue weighted by Crippen LogP contribution is -2.64. The van der Waals surface area contributed by atoms with Gasteiger partial charge in [0.15, 0.2) is 5.78 Å². The lowest BCUT2D eigenvalue weighted by atomic mass is 10.1. The molecule has 1 aromatic rings. The monoisotopic (exact) mass is 417 g/mol. The predicted octanol–water partition coefficient (Wildman–Crippen LogP) is 4.06. The molecule has 4 nitrogen and oxygen atoms in total. The van der Waals surface area contributed by atoms with Gasteiger partial charge in [0, 0.05) is 11.3 Å². The first kappa shape index (κ1) is 22.1. The van der Waals surface area contributed by atoms with Gasteiger partial charge in [0.05, 0.1) is 0 Å². The van der Waals surface area contributed by atoms with E-state index in [1.165, 1.54) is 0 Å². The maximum Gasteiger partial charge on any atom is 0.460 e. The molecule has 1 aromatic carbocycles. The van der Waals surface area contributed by atoms with Gasteiger partial charge in [-0.25, -0.2) is 0 Å². The number of halogens is 9. The van der Waals surface area contributed by atoms with Gasteiger partial charge in [-0.3, -0.25) is 9.52 Å². The van der Waals surface area contributed by atoms with E-state index in [-0.39, 0.29) is 5.56 Å². The molecule has 26 heavy (non-hydrogen) atoms. The van der Waals surface area contributed by atoms with Crippen molar-refractivity contribution in [3.63, 3.8) is 0 Å². The molecule has 14 heteroatoms. The fourth-order valence-corrected chi connectivity index (χ4v) is 2.58. The van der Waals surface area contributed by atoms with Crippen molar-refractivity contribution in [2.24, 2.45) is 0 Å². The molecule has 0 bridgehead atoms. The van der Waals surface area contributed by atoms with E-state index < -0.39 is 44.8 Å². The summed E-state index contributed by atoms with van der Waals surface area (Å²) in [6.45, 7) is 0.972. The van der Waals surface area contributed by atoms with Crippen LogP contribution in [0.25, 0.3) is 0 Å². The van der Waals surface area contributed by atoms with Crippen LogP contribution >= 0.6 is 0 Å². The fraction of sp³-hybridized carbons (Fsp3) is 0.417. The molecule has 0 aliphatic carbocycles. The number of carbonyl (C=O) groups is 1. The van der Waals surface area contributed by atoms with E-state index in [0.717, 1.165) is 23.8 Å². The number of sulfonamides is 1. The van der Waals surface area contributed by atoms with E-state index >= 15 is 0 Å². The number of benzene rings is 1. The Balaban J connectivity index is 3.37. The van der Waals surface area contributed by atoms with Gasteiger partial charge in [-0.15, -0.1) is 0 Å². The highest BCUT2D eigenvalue weighted by Gasteiger charge is 2.85. The van der Waals surface area contributed by atoms with E-state index in [2.05, 4.69) is 0 Å². The van der Waals surface area contributed by atoms with Crippen LogP contribution in [0.3, 0.4) is 0 Å². The van der Waals surface area contributed by atoms with E-state index in [0.29, 0.717) is 12.1 Å². The highest BCUT2D eigenvalue weighted by Crippen LogP contribution is 2.54. The van der Waals surface area contributed by atoms with Gasteiger partial charge in [0.1, 0.15) is 0 Å². The third-order valence-electron chi connectivity index (χ3n) is 2.97. The number of rotatable bonds is 6. The summed E-state index contributed by atoms with van der Waals surface area (Å²) in [6, 6.07) is 3.27. The minimum absolute atomic E-state index is 0.277. The number of anilines is 1. The number of Topliss-reactive ketones (excluding diaryl/α,β-unsaturated/α-hetero) is 1. The molecule has 0 radical (unpaired) electrons. The molecule has 148 valence electrons. The van der Waals surface area contributed by atoms with Gasteiger partial charge in [0.25, 0.3) is 0 Å². The first-order valence-corrected chi connectivity index (χ1v) is 7.70. The van der Waals surface area contributed by atoms with Crippen LogP contribution in [0.15, 0.2) is 24.3 Å². The summed E-state index contributed by atoms with van der Waals surface area (Å²) in [6.07, 6.45) is -7.15. The Morgan fingerprint density at radius 1 is 0.923 bits per heavy atom. The molecular weight excluding hydrogens is 409 g/mol. The molecule has 0 atom stereocenters. The number of carbonyl (C=O) groups excluding carboxylic acids is 1. The minimum Gasteiger partial charge on any atom is -0.295 e. The predicted molar refractivity (Wildman–Crippen MR) is 69.9 cm³/mol. The van der Waals surface area contributed by atoms with Crippen LogP contribution in [0, 0.1) is 0 Å². The Labute approximate surface area is 140 Å². The van der Waals surface area contributed by atoms with Crippen molar-refractivity contribution >= 4 is 21.5 Å². The van der Waals surface area contributed by atoms with Crippen molar-refractivity contribution < 1.29 is 52.7 Å². The average Bonchev–Trinajstić information content (AvgIpc) is 2.45. The van der Waals surface area contributed by atoms with Crippen LogP contribution in [-0.2, 0) is 10.0 Å². The van der Waals surface area contributed by atoms with E-state index in [1.54, 1.807) is 0 Å². The van der Waals surface area contributed by atoms with Crippen LogP contribution < -0.4 is 4.72 Å². The maximum atomic E-state index is 13.5. The largest absolute Gasteiger partial charge is 0.460 e. The molecule has 0 aromatic heterocycles. The van der Waals surface area contributed by atoms with Crippen molar-refractivity contribution in [3.8, 4) is 0 Å². The lowest BCUT2D eigenvalue weighted by molar-refractivity contribution is -0.382. The van der Waals surface area contributed by atoms with Crippen LogP contribution in [0.1, 0.15) is 17.3 Å². The van der Waals surface area contributed by atoms with Gasteiger partial charge < -0.3 is 0 Å². The number of hydrogen-bond donors (Lipinski definition) is 1. The quantitative estimate of drug-likeness (QED) is 0.561. The zero-order valence-corrected chi connectivity index (χ0v) is 13.2. The fourth-order valence-electron chi connectivity index (χ4n) is 1.55. The summed E-state index contributed by atoms with van der Waals surface area (Å²) in [5.41, 5.74) is -1.20. The second-order valence-electron chi connectivity index (χ2n) is 4.91. The Hall–Kier alpha value is -1.99. The zero-order valence-electron chi connectivity index (χ0n) is 12.3. The third-order valence-corrected chi connectivity index (χ3v) is 4.41. The highest BCUT2D eigenvalue weighted by atomic mass is 32.2. The molecule has 0 aliphatic heterocycles. The van der Waals surface area contributed by atoms with Crippen molar-refractivity contribution in [2.45, 2.75) is 30.2 Å². The topological polar surface area (TPSA) is 63.2 Å². The highest BCUT2D eigenvalue weighted by molar-refractivity contribution is 7.93. The Kier molecular flexibility index (Phi) is 5.36. The molecule has 0 saturated heterocycles. The summed E-state index contributed by atoms with van der Waals surface area (Å²) in [5, 5.41) is -6.86. The molecule has 1 N–H and O–H groups in total. The molecule has 0 saturated carbocycles. The van der Waals surface area contributed by atoms with Gasteiger partial charge in [-0.2, -0.15) is 47.9 Å². The van der Waals surface area contributed by atoms with Crippen molar-refractivity contribution in [2.75, 3.05) is 4.72 Å². The van der Waals surface area contributed by atoms with Gasteiger partial charge >= 0.3 is 33.3 Å². The summed E-state index contributed by atoms with van der Waals surface area (Å²) < 4.78 is 138. The first-order valence-electron chi connectivity index (χ1n) is 6.22. The number of hydrogen-bond acceptors (Lipinski definition) is 3. The Bertz CT molecular complexity index is 802. The summed E-state index contributed by atoms with van der Waals surface area (Å²) in [5.74, 6) is -15.4. The molecule has 0 fully saturated rings. The Morgan fingerprint density at radius 3 is 1.85 bits per heavy atom. The number of alkyl halides is 9. The molecule has 0 amide bonds. The molecule has 0 spiro atoms. The van der Waals surface area contributed by atoms with Crippen LogP contribution in [0.5, 0.6) is 0 Å².